The quantitative estimate of drug-likeness (QED) is 0.452. The third-order valence-corrected chi connectivity index (χ3v) is 1.53. The van der Waals surface area contributed by atoms with Crippen LogP contribution in [0.25, 0.3) is 0 Å². The minimum atomic E-state index is -0.361. The van der Waals surface area contributed by atoms with Gasteiger partial charge >= 0.3 is 5.97 Å². The first-order valence-corrected chi connectivity index (χ1v) is 2.98. The maximum absolute atomic E-state index is 10.6. The van der Waals surface area contributed by atoms with E-state index in [1.54, 1.807) is 0 Å². The van der Waals surface area contributed by atoms with Crippen LogP contribution in [0.15, 0.2) is 11.8 Å². The molecule has 0 aromatic heterocycles. The van der Waals surface area contributed by atoms with Crippen molar-refractivity contribution in [2.24, 2.45) is 0 Å². The molecule has 10 heavy (non-hydrogen) atoms. The monoisotopic (exact) mass is 139 g/mol. The minimum Gasteiger partial charge on any atom is -0.452 e. The summed E-state index contributed by atoms with van der Waals surface area (Å²) in [5, 5.41) is 2.52. The van der Waals surface area contributed by atoms with Gasteiger partial charge in [0.15, 0.2) is 6.10 Å². The molecule has 1 atom stereocenters. The highest BCUT2D eigenvalue weighted by atomic mass is 16.5. The molecule has 4 heteroatoms. The highest BCUT2D eigenvalue weighted by Gasteiger charge is 2.34. The standard InChI is InChI=1S/C6H5NO3/c8-5-2-4-3(7-5)1-6(9)10-4/h1,4H,2H2,(H,7,8). The molecule has 0 aromatic carbocycles. The summed E-state index contributed by atoms with van der Waals surface area (Å²) >= 11 is 0. The molecule has 0 bridgehead atoms. The highest BCUT2D eigenvalue weighted by Crippen LogP contribution is 2.21. The third kappa shape index (κ3) is 0.618. The average molecular weight is 139 g/mol. The van der Waals surface area contributed by atoms with Crippen LogP contribution in [-0.2, 0) is 14.3 Å². The normalized spacial score (nSPS) is 29.2. The summed E-state index contributed by atoms with van der Waals surface area (Å²) in [5.74, 6) is -0.441. The van der Waals surface area contributed by atoms with Crippen molar-refractivity contribution in [1.29, 1.82) is 0 Å². The molecule has 1 amide bonds. The van der Waals surface area contributed by atoms with Gasteiger partial charge in [-0.1, -0.05) is 0 Å². The molecule has 1 saturated heterocycles. The van der Waals surface area contributed by atoms with E-state index < -0.39 is 0 Å². The molecule has 1 N–H and O–H groups in total. The Labute approximate surface area is 56.8 Å². The second-order valence-corrected chi connectivity index (χ2v) is 2.28. The predicted molar refractivity (Wildman–Crippen MR) is 30.7 cm³/mol. The first-order chi connectivity index (χ1) is 4.75. The molecular formula is C6H5NO3. The zero-order chi connectivity index (χ0) is 7.14. The van der Waals surface area contributed by atoms with Crippen LogP contribution in [0, 0.1) is 0 Å². The summed E-state index contributed by atoms with van der Waals surface area (Å²) in [5.41, 5.74) is 0.606. The summed E-state index contributed by atoms with van der Waals surface area (Å²) in [7, 11) is 0. The minimum absolute atomic E-state index is 0.0799. The van der Waals surface area contributed by atoms with E-state index in [1.807, 2.05) is 0 Å². The molecule has 0 aliphatic carbocycles. The Morgan fingerprint density at radius 3 is 3.10 bits per heavy atom. The molecule has 1 fully saturated rings. The predicted octanol–water partition coefficient (Wildman–Crippen LogP) is -0.684. The SMILES string of the molecule is O=C1CC2OC(=O)C=C2N1. The van der Waals surface area contributed by atoms with Gasteiger partial charge in [0, 0.05) is 6.08 Å². The number of hydrogen-bond acceptors (Lipinski definition) is 3. The van der Waals surface area contributed by atoms with Gasteiger partial charge in [0.05, 0.1) is 12.1 Å². The van der Waals surface area contributed by atoms with E-state index in [9.17, 15) is 9.59 Å². The summed E-state index contributed by atoms with van der Waals surface area (Å²) in [6, 6.07) is 0. The van der Waals surface area contributed by atoms with Crippen LogP contribution in [0.4, 0.5) is 0 Å². The Hall–Kier alpha value is -1.32. The molecule has 0 radical (unpaired) electrons. The van der Waals surface area contributed by atoms with Gasteiger partial charge < -0.3 is 10.1 Å². The van der Waals surface area contributed by atoms with Gasteiger partial charge in [-0.2, -0.15) is 0 Å². The van der Waals surface area contributed by atoms with E-state index >= 15 is 0 Å². The van der Waals surface area contributed by atoms with Gasteiger partial charge in [-0.15, -0.1) is 0 Å². The number of rotatable bonds is 0. The average Bonchev–Trinajstić information content (AvgIpc) is 2.21. The molecule has 1 unspecified atom stereocenters. The van der Waals surface area contributed by atoms with Crippen molar-refractivity contribution in [2.45, 2.75) is 12.5 Å². The van der Waals surface area contributed by atoms with Crippen molar-refractivity contribution < 1.29 is 14.3 Å². The van der Waals surface area contributed by atoms with E-state index in [1.165, 1.54) is 6.08 Å². The molecule has 0 aromatic rings. The second kappa shape index (κ2) is 1.59. The number of carbonyl (C=O) groups excluding carboxylic acids is 2. The first kappa shape index (κ1) is 5.46. The number of esters is 1. The summed E-state index contributed by atoms with van der Waals surface area (Å²) < 4.78 is 4.74. The number of ether oxygens (including phenoxy) is 1. The van der Waals surface area contributed by atoms with E-state index in [0.29, 0.717) is 5.70 Å². The van der Waals surface area contributed by atoms with Crippen LogP contribution in [0.5, 0.6) is 0 Å². The van der Waals surface area contributed by atoms with Crippen LogP contribution >= 0.6 is 0 Å². The Balaban J connectivity index is 2.29. The van der Waals surface area contributed by atoms with E-state index in [2.05, 4.69) is 5.32 Å². The molecular weight excluding hydrogens is 134 g/mol. The molecule has 2 aliphatic rings. The maximum Gasteiger partial charge on any atom is 0.333 e. The largest absolute Gasteiger partial charge is 0.452 e. The van der Waals surface area contributed by atoms with Gasteiger partial charge in [-0.05, 0) is 0 Å². The number of carbonyl (C=O) groups is 2. The zero-order valence-electron chi connectivity index (χ0n) is 5.09. The molecule has 52 valence electrons. The molecule has 0 spiro atoms. The Morgan fingerprint density at radius 2 is 2.40 bits per heavy atom. The number of hydrogen-bond donors (Lipinski definition) is 1. The number of fused-ring (bicyclic) bond motifs is 1. The number of amides is 1. The topological polar surface area (TPSA) is 55.4 Å². The molecule has 2 aliphatic heterocycles. The van der Waals surface area contributed by atoms with Gasteiger partial charge in [0.2, 0.25) is 5.91 Å². The van der Waals surface area contributed by atoms with Gasteiger partial charge in [-0.25, -0.2) is 4.79 Å². The maximum atomic E-state index is 10.6. The second-order valence-electron chi connectivity index (χ2n) is 2.28. The third-order valence-electron chi connectivity index (χ3n) is 1.53. The fourth-order valence-corrected chi connectivity index (χ4v) is 1.11. The lowest BCUT2D eigenvalue weighted by Gasteiger charge is -1.99. The Kier molecular flexibility index (Phi) is 0.869. The fraction of sp³-hybridized carbons (Fsp3) is 0.333. The van der Waals surface area contributed by atoms with Crippen LogP contribution in [0.1, 0.15) is 6.42 Å². The Morgan fingerprint density at radius 1 is 1.60 bits per heavy atom. The van der Waals surface area contributed by atoms with E-state index in [0.717, 1.165) is 0 Å². The Bertz CT molecular complexity index is 243. The molecule has 4 nitrogen and oxygen atoms in total. The fourth-order valence-electron chi connectivity index (χ4n) is 1.11. The summed E-state index contributed by atoms with van der Waals surface area (Å²) in [4.78, 5) is 21.1. The van der Waals surface area contributed by atoms with Gasteiger partial charge in [0.25, 0.3) is 0 Å². The van der Waals surface area contributed by atoms with Crippen molar-refractivity contribution in [3.05, 3.63) is 11.8 Å². The van der Waals surface area contributed by atoms with Crippen LogP contribution in [0.2, 0.25) is 0 Å². The number of nitrogens with one attached hydrogen (secondary N) is 1. The summed E-state index contributed by atoms with van der Waals surface area (Å²) in [6.45, 7) is 0. The smallest absolute Gasteiger partial charge is 0.333 e. The van der Waals surface area contributed by atoms with Crippen LogP contribution < -0.4 is 5.32 Å². The van der Waals surface area contributed by atoms with Gasteiger partial charge in [0.1, 0.15) is 0 Å². The lowest BCUT2D eigenvalue weighted by Crippen LogP contribution is -2.11. The molecule has 0 saturated carbocycles. The zero-order valence-corrected chi connectivity index (χ0v) is 5.09. The lowest BCUT2D eigenvalue weighted by molar-refractivity contribution is -0.139. The van der Waals surface area contributed by atoms with Crippen molar-refractivity contribution in [3.8, 4) is 0 Å². The molecule has 2 heterocycles. The van der Waals surface area contributed by atoms with E-state index in [-0.39, 0.29) is 24.4 Å². The molecule has 2 rings (SSSR count). The highest BCUT2D eigenvalue weighted by molar-refractivity contribution is 5.92. The van der Waals surface area contributed by atoms with Crippen molar-refractivity contribution in [1.82, 2.24) is 5.32 Å². The van der Waals surface area contributed by atoms with E-state index in [4.69, 9.17) is 4.74 Å². The van der Waals surface area contributed by atoms with Gasteiger partial charge in [-0.3, -0.25) is 4.79 Å². The van der Waals surface area contributed by atoms with Crippen molar-refractivity contribution in [3.63, 3.8) is 0 Å². The first-order valence-electron chi connectivity index (χ1n) is 2.98. The van der Waals surface area contributed by atoms with Crippen LogP contribution in [0.3, 0.4) is 0 Å². The van der Waals surface area contributed by atoms with Crippen molar-refractivity contribution >= 4 is 11.9 Å². The lowest BCUT2D eigenvalue weighted by atomic mass is 10.3. The summed E-state index contributed by atoms with van der Waals surface area (Å²) in [6.07, 6.45) is 1.27. The van der Waals surface area contributed by atoms with Crippen molar-refractivity contribution in [2.75, 3.05) is 0 Å². The van der Waals surface area contributed by atoms with Crippen LogP contribution in [-0.4, -0.2) is 18.0 Å².